The van der Waals surface area contributed by atoms with Crippen LogP contribution in [0.1, 0.15) is 28.8 Å². The van der Waals surface area contributed by atoms with Crippen LogP contribution in [0.3, 0.4) is 0 Å². The van der Waals surface area contributed by atoms with Crippen LogP contribution in [-0.4, -0.2) is 49.9 Å². The van der Waals surface area contributed by atoms with Crippen LogP contribution in [0.2, 0.25) is 0 Å². The molecule has 2 amide bonds. The maximum absolute atomic E-state index is 13.4. The molecule has 2 unspecified atom stereocenters. The van der Waals surface area contributed by atoms with Crippen molar-refractivity contribution < 1.29 is 19.1 Å². The molecule has 1 fully saturated rings. The maximum Gasteiger partial charge on any atom is 0.255 e. The van der Waals surface area contributed by atoms with Crippen molar-refractivity contribution in [1.82, 2.24) is 25.4 Å². The number of hydrogen-bond donors (Lipinski definition) is 3. The smallest absolute Gasteiger partial charge is 0.255 e. The number of carbonyl (C=O) groups is 2. The lowest BCUT2D eigenvalue weighted by molar-refractivity contribution is -0.130. The van der Waals surface area contributed by atoms with Gasteiger partial charge in [-0.1, -0.05) is 42.5 Å². The minimum absolute atomic E-state index is 0.0490. The average Bonchev–Trinajstić information content (AvgIpc) is 3.60. The lowest BCUT2D eigenvalue weighted by Crippen LogP contribution is -2.52. The summed E-state index contributed by atoms with van der Waals surface area (Å²) < 4.78 is 14.9. The number of hydrogen-bond acceptors (Lipinski definition) is 5. The Bertz CT molecular complexity index is 1390. The van der Waals surface area contributed by atoms with Gasteiger partial charge in [0.25, 0.3) is 11.8 Å². The third kappa shape index (κ3) is 5.90. The topological polar surface area (TPSA) is 109 Å². The van der Waals surface area contributed by atoms with E-state index in [-0.39, 0.29) is 18.0 Å². The molecule has 2 heterocycles. The van der Waals surface area contributed by atoms with E-state index in [0.717, 1.165) is 24.1 Å². The highest BCUT2D eigenvalue weighted by atomic mass is 19.1. The summed E-state index contributed by atoms with van der Waals surface area (Å²) in [6, 6.07) is 19.5. The van der Waals surface area contributed by atoms with Crippen molar-refractivity contribution in [2.75, 3.05) is 0 Å². The molecule has 2 aromatic heterocycles. The number of halogens is 1. The zero-order chi connectivity index (χ0) is 25.8. The molecule has 8 nitrogen and oxygen atoms in total. The van der Waals surface area contributed by atoms with Gasteiger partial charge in [-0.15, -0.1) is 0 Å². The molecule has 1 aliphatic carbocycles. The second-order valence-corrected chi connectivity index (χ2v) is 9.02. The Morgan fingerprint density at radius 1 is 1.03 bits per heavy atom. The molecule has 2 atom stereocenters. The van der Waals surface area contributed by atoms with Gasteiger partial charge in [0.1, 0.15) is 5.82 Å². The molecular weight excluding hydrogens is 473 g/mol. The Labute approximate surface area is 213 Å². The quantitative estimate of drug-likeness (QED) is 0.328. The van der Waals surface area contributed by atoms with Crippen molar-refractivity contribution >= 4 is 11.8 Å². The summed E-state index contributed by atoms with van der Waals surface area (Å²) in [5, 5.41) is 21.0. The van der Waals surface area contributed by atoms with Gasteiger partial charge in [0, 0.05) is 24.0 Å². The second kappa shape index (κ2) is 10.7. The van der Waals surface area contributed by atoms with Gasteiger partial charge >= 0.3 is 0 Å². The second-order valence-electron chi connectivity index (χ2n) is 9.02. The predicted octanol–water partition coefficient (Wildman–Crippen LogP) is 3.05. The number of amides is 2. The number of pyridine rings is 1. The van der Waals surface area contributed by atoms with Crippen LogP contribution in [-0.2, 0) is 11.2 Å². The van der Waals surface area contributed by atoms with Crippen LogP contribution >= 0.6 is 0 Å². The van der Waals surface area contributed by atoms with Gasteiger partial charge in [-0.3, -0.25) is 9.59 Å². The molecule has 0 radical (unpaired) electrons. The van der Waals surface area contributed by atoms with E-state index in [2.05, 4.69) is 20.7 Å². The van der Waals surface area contributed by atoms with Crippen LogP contribution in [0, 0.1) is 5.82 Å². The molecule has 5 rings (SSSR count). The van der Waals surface area contributed by atoms with Gasteiger partial charge in [0.15, 0.2) is 11.9 Å². The van der Waals surface area contributed by atoms with E-state index in [1.807, 2.05) is 36.4 Å². The fraction of sp³-hybridized carbons (Fsp3) is 0.214. The van der Waals surface area contributed by atoms with E-state index in [1.165, 1.54) is 16.8 Å². The van der Waals surface area contributed by atoms with Crippen molar-refractivity contribution in [1.29, 1.82) is 0 Å². The zero-order valence-electron chi connectivity index (χ0n) is 19.9. The third-order valence-corrected chi connectivity index (χ3v) is 6.17. The van der Waals surface area contributed by atoms with E-state index >= 15 is 0 Å². The Hall–Kier alpha value is -4.37. The highest BCUT2D eigenvalue weighted by molar-refractivity contribution is 5.97. The van der Waals surface area contributed by atoms with Crippen LogP contribution < -0.4 is 10.6 Å². The highest BCUT2D eigenvalue weighted by Gasteiger charge is 2.32. The highest BCUT2D eigenvalue weighted by Crippen LogP contribution is 2.21. The summed E-state index contributed by atoms with van der Waals surface area (Å²) >= 11 is 0. The molecule has 1 aliphatic rings. The molecule has 2 aromatic carbocycles. The number of aromatic nitrogens is 3. The summed E-state index contributed by atoms with van der Waals surface area (Å²) in [4.78, 5) is 30.4. The molecule has 188 valence electrons. The van der Waals surface area contributed by atoms with Crippen molar-refractivity contribution in [2.24, 2.45) is 0 Å². The average molecular weight is 500 g/mol. The van der Waals surface area contributed by atoms with Crippen molar-refractivity contribution in [3.05, 3.63) is 102 Å². The molecule has 1 saturated carbocycles. The van der Waals surface area contributed by atoms with Crippen LogP contribution in [0.15, 0.2) is 85.2 Å². The van der Waals surface area contributed by atoms with Crippen LogP contribution in [0.5, 0.6) is 0 Å². The van der Waals surface area contributed by atoms with E-state index in [4.69, 9.17) is 0 Å². The summed E-state index contributed by atoms with van der Waals surface area (Å²) in [6.45, 7) is 0. The van der Waals surface area contributed by atoms with Gasteiger partial charge in [-0.25, -0.2) is 14.1 Å². The van der Waals surface area contributed by atoms with Gasteiger partial charge in [-0.2, -0.15) is 5.10 Å². The standard InChI is InChI=1S/C28H26FN5O3/c29-20-10-8-18(9-11-20)17-24(25(35)28(37)31-21-12-13-21)32-27(36)22-7-4-15-30-26(22)34-16-14-23(33-34)19-5-2-1-3-6-19/h1-11,14-16,21,24-25,35H,12-13,17H2,(H,31,37)(H,32,36). The predicted molar refractivity (Wildman–Crippen MR) is 135 cm³/mol. The molecule has 3 N–H and O–H groups in total. The lowest BCUT2D eigenvalue weighted by Gasteiger charge is -2.24. The first-order valence-electron chi connectivity index (χ1n) is 12.1. The van der Waals surface area contributed by atoms with Crippen molar-refractivity contribution in [3.63, 3.8) is 0 Å². The lowest BCUT2D eigenvalue weighted by atomic mass is 10.00. The molecule has 9 heteroatoms. The maximum atomic E-state index is 13.4. The SMILES string of the molecule is O=C(NC(Cc1ccc(F)cc1)C(O)C(=O)NC1CC1)c1cccnc1-n1ccc(-c2ccccc2)n1. The van der Waals surface area contributed by atoms with Crippen LogP contribution in [0.4, 0.5) is 4.39 Å². The number of aliphatic hydroxyl groups is 1. The molecule has 37 heavy (non-hydrogen) atoms. The van der Waals surface area contributed by atoms with E-state index < -0.39 is 29.8 Å². The fourth-order valence-electron chi connectivity index (χ4n) is 4.02. The summed E-state index contributed by atoms with van der Waals surface area (Å²) in [5.74, 6) is -1.17. The fourth-order valence-corrected chi connectivity index (χ4v) is 4.02. The van der Waals surface area contributed by atoms with Crippen molar-refractivity contribution in [3.8, 4) is 17.1 Å². The Balaban J connectivity index is 1.39. The number of carbonyl (C=O) groups excluding carboxylic acids is 2. The van der Waals surface area contributed by atoms with E-state index in [0.29, 0.717) is 11.4 Å². The normalized spacial score (nSPS) is 14.5. The number of rotatable bonds is 9. The summed E-state index contributed by atoms with van der Waals surface area (Å²) in [7, 11) is 0. The first-order chi connectivity index (χ1) is 18.0. The number of nitrogens with one attached hydrogen (secondary N) is 2. The Kier molecular flexibility index (Phi) is 7.04. The molecule has 4 aromatic rings. The number of benzene rings is 2. The molecule has 0 spiro atoms. The zero-order valence-corrected chi connectivity index (χ0v) is 19.9. The van der Waals surface area contributed by atoms with E-state index in [9.17, 15) is 19.1 Å². The molecule has 0 aliphatic heterocycles. The minimum Gasteiger partial charge on any atom is -0.381 e. The molecule has 0 saturated heterocycles. The molecular formula is C28H26FN5O3. The van der Waals surface area contributed by atoms with E-state index in [1.54, 1.807) is 36.7 Å². The van der Waals surface area contributed by atoms with Gasteiger partial charge in [0.05, 0.1) is 17.3 Å². The Morgan fingerprint density at radius 2 is 1.78 bits per heavy atom. The summed E-state index contributed by atoms with van der Waals surface area (Å²) in [6.07, 6.45) is 3.63. The Morgan fingerprint density at radius 3 is 2.51 bits per heavy atom. The number of aliphatic hydroxyl groups excluding tert-OH is 1. The molecule has 0 bridgehead atoms. The largest absolute Gasteiger partial charge is 0.381 e. The van der Waals surface area contributed by atoms with Crippen molar-refractivity contribution in [2.45, 2.75) is 37.5 Å². The first kappa shape index (κ1) is 24.3. The van der Waals surface area contributed by atoms with Gasteiger partial charge in [0.2, 0.25) is 0 Å². The number of nitrogens with zero attached hydrogens (tertiary/aromatic N) is 3. The first-order valence-corrected chi connectivity index (χ1v) is 12.1. The van der Waals surface area contributed by atoms with Crippen LogP contribution in [0.25, 0.3) is 17.1 Å². The van der Waals surface area contributed by atoms with Gasteiger partial charge in [-0.05, 0) is 55.2 Å². The monoisotopic (exact) mass is 499 g/mol. The minimum atomic E-state index is -1.50. The van der Waals surface area contributed by atoms with Gasteiger partial charge < -0.3 is 15.7 Å². The summed E-state index contributed by atoms with van der Waals surface area (Å²) in [5.41, 5.74) is 2.53. The third-order valence-electron chi connectivity index (χ3n) is 6.17.